The molecule has 1 aliphatic carbocycles. The first-order valence-electron chi connectivity index (χ1n) is 12.5. The largest absolute Gasteiger partial charge is 0.492 e. The summed E-state index contributed by atoms with van der Waals surface area (Å²) >= 11 is 0. The maximum Gasteiger partial charge on any atom is 0.337 e. The van der Waals surface area contributed by atoms with E-state index in [1.165, 1.54) is 0 Å². The van der Waals surface area contributed by atoms with Gasteiger partial charge in [0.25, 0.3) is 0 Å². The number of carboxylic acid groups (broad SMARTS) is 1. The maximum absolute atomic E-state index is 12.5. The van der Waals surface area contributed by atoms with Gasteiger partial charge in [-0.1, -0.05) is 27.7 Å². The van der Waals surface area contributed by atoms with Crippen LogP contribution in [0.2, 0.25) is 0 Å². The summed E-state index contributed by atoms with van der Waals surface area (Å²) < 4.78 is 11.9. The van der Waals surface area contributed by atoms with E-state index in [2.05, 4.69) is 42.6 Å². The predicted octanol–water partition coefficient (Wildman–Crippen LogP) is 5.52. The van der Waals surface area contributed by atoms with Crippen LogP contribution in [-0.2, 0) is 9.53 Å². The van der Waals surface area contributed by atoms with E-state index in [0.29, 0.717) is 46.8 Å². The number of aliphatic carboxylic acids is 1. The molecule has 190 valence electrons. The van der Waals surface area contributed by atoms with E-state index in [4.69, 9.17) is 9.47 Å². The number of rotatable bonds is 8. The molecule has 2 aromatic rings. The zero-order valence-electron chi connectivity index (χ0n) is 22.3. The van der Waals surface area contributed by atoms with Gasteiger partial charge in [-0.05, 0) is 63.0 Å². The molecule has 2 fully saturated rings. The van der Waals surface area contributed by atoms with Crippen molar-refractivity contribution in [2.45, 2.75) is 67.1 Å². The van der Waals surface area contributed by atoms with E-state index in [-0.39, 0.29) is 0 Å². The molecule has 1 N–H and O–H groups in total. The Morgan fingerprint density at radius 2 is 1.83 bits per heavy atom. The fraction of sp³-hybridized carbons (Fsp3) is 0.607. The van der Waals surface area contributed by atoms with Crippen LogP contribution in [0.5, 0.6) is 5.75 Å². The second-order valence-corrected chi connectivity index (χ2v) is 12.0. The maximum atomic E-state index is 12.5. The first-order chi connectivity index (χ1) is 16.3. The topological polar surface area (TPSA) is 84.8 Å². The van der Waals surface area contributed by atoms with Gasteiger partial charge in [-0.25, -0.2) is 4.79 Å². The van der Waals surface area contributed by atoms with Crippen molar-refractivity contribution in [1.29, 1.82) is 0 Å². The van der Waals surface area contributed by atoms with Crippen LogP contribution in [0.1, 0.15) is 65.8 Å². The van der Waals surface area contributed by atoms with E-state index in [1.54, 1.807) is 6.20 Å². The highest BCUT2D eigenvalue weighted by atomic mass is 16.5. The number of ether oxygens (including phenoxy) is 2. The first kappa shape index (κ1) is 25.4. The highest BCUT2D eigenvalue weighted by molar-refractivity contribution is 5.85. The van der Waals surface area contributed by atoms with Crippen LogP contribution < -0.4 is 9.64 Å². The molecular formula is C28H39N3O4. The van der Waals surface area contributed by atoms with Gasteiger partial charge in [0.1, 0.15) is 5.75 Å². The number of pyridine rings is 2. The molecule has 2 aromatic heterocycles. The number of aromatic nitrogens is 2. The Bertz CT molecular complexity index is 1070. The Balaban J connectivity index is 1.80. The van der Waals surface area contributed by atoms with Gasteiger partial charge in [-0.2, -0.15) is 0 Å². The van der Waals surface area contributed by atoms with Gasteiger partial charge in [0.05, 0.1) is 29.8 Å². The lowest BCUT2D eigenvalue weighted by Crippen LogP contribution is -2.32. The number of carbonyl (C=O) groups is 1. The van der Waals surface area contributed by atoms with Gasteiger partial charge in [-0.3, -0.25) is 9.97 Å². The van der Waals surface area contributed by atoms with Crippen molar-refractivity contribution in [3.63, 3.8) is 0 Å². The molecule has 2 aliphatic rings. The molecule has 3 atom stereocenters. The Labute approximate surface area is 208 Å². The van der Waals surface area contributed by atoms with Crippen molar-refractivity contribution in [2.24, 2.45) is 23.2 Å². The van der Waals surface area contributed by atoms with Gasteiger partial charge in [-0.15, -0.1) is 0 Å². The van der Waals surface area contributed by atoms with Crippen molar-refractivity contribution in [3.05, 3.63) is 35.8 Å². The number of anilines is 1. The molecule has 0 bridgehead atoms. The Kier molecular flexibility index (Phi) is 6.60. The number of hydrogen-bond donors (Lipinski definition) is 1. The SMILES string of the molecule is Cc1ncc(-c2ccc(OCC(C)C)cn2)c(N2CC3C(C2)C3(C)C)c1[C@H](OC(C)(C)C)C(=O)O. The second-order valence-electron chi connectivity index (χ2n) is 12.0. The number of carboxylic acids is 1. The molecule has 7 heteroatoms. The van der Waals surface area contributed by atoms with Crippen LogP contribution >= 0.6 is 0 Å². The van der Waals surface area contributed by atoms with Crippen LogP contribution in [0, 0.1) is 30.1 Å². The van der Waals surface area contributed by atoms with Crippen molar-refractivity contribution in [1.82, 2.24) is 9.97 Å². The zero-order chi connectivity index (χ0) is 25.7. The molecular weight excluding hydrogens is 442 g/mol. The van der Waals surface area contributed by atoms with Crippen LogP contribution in [0.4, 0.5) is 5.69 Å². The smallest absolute Gasteiger partial charge is 0.337 e. The highest BCUT2D eigenvalue weighted by Crippen LogP contribution is 2.63. The third-order valence-corrected chi connectivity index (χ3v) is 7.28. The van der Waals surface area contributed by atoms with Crippen molar-refractivity contribution < 1.29 is 19.4 Å². The summed E-state index contributed by atoms with van der Waals surface area (Å²) in [6.07, 6.45) is 2.42. The van der Waals surface area contributed by atoms with Gasteiger partial charge in [0.15, 0.2) is 6.10 Å². The summed E-state index contributed by atoms with van der Waals surface area (Å²) in [5.41, 5.74) is 3.42. The molecule has 35 heavy (non-hydrogen) atoms. The molecule has 3 heterocycles. The number of nitrogens with zero attached hydrogens (tertiary/aromatic N) is 3. The summed E-state index contributed by atoms with van der Waals surface area (Å²) in [6.45, 7) is 18.7. The molecule has 0 spiro atoms. The molecule has 1 saturated carbocycles. The number of hydrogen-bond acceptors (Lipinski definition) is 6. The summed E-state index contributed by atoms with van der Waals surface area (Å²) in [4.78, 5) is 24.1. The number of fused-ring (bicyclic) bond motifs is 1. The Hall–Kier alpha value is -2.67. The molecule has 1 aliphatic heterocycles. The number of aryl methyl sites for hydroxylation is 1. The lowest BCUT2D eigenvalue weighted by Gasteiger charge is -2.33. The average molecular weight is 482 g/mol. The van der Waals surface area contributed by atoms with E-state index in [0.717, 1.165) is 30.0 Å². The Morgan fingerprint density at radius 3 is 2.34 bits per heavy atom. The van der Waals surface area contributed by atoms with Crippen molar-refractivity contribution in [3.8, 4) is 17.0 Å². The van der Waals surface area contributed by atoms with Gasteiger partial charge < -0.3 is 19.5 Å². The van der Waals surface area contributed by atoms with Crippen LogP contribution in [0.15, 0.2) is 24.5 Å². The molecule has 7 nitrogen and oxygen atoms in total. The van der Waals surface area contributed by atoms with Gasteiger partial charge in [0, 0.05) is 36.1 Å². The Morgan fingerprint density at radius 1 is 1.17 bits per heavy atom. The van der Waals surface area contributed by atoms with Crippen LogP contribution in [0.3, 0.4) is 0 Å². The summed E-state index contributed by atoms with van der Waals surface area (Å²) in [6, 6.07) is 3.84. The predicted molar refractivity (Wildman–Crippen MR) is 137 cm³/mol. The lowest BCUT2D eigenvalue weighted by molar-refractivity contribution is -0.160. The van der Waals surface area contributed by atoms with Crippen LogP contribution in [-0.4, -0.2) is 46.3 Å². The minimum Gasteiger partial charge on any atom is -0.492 e. The van der Waals surface area contributed by atoms with Gasteiger partial charge in [0.2, 0.25) is 0 Å². The fourth-order valence-electron chi connectivity index (χ4n) is 5.24. The molecule has 0 amide bonds. The fourth-order valence-corrected chi connectivity index (χ4v) is 5.24. The quantitative estimate of drug-likeness (QED) is 0.531. The molecule has 2 unspecified atom stereocenters. The number of piperidine rings is 1. The molecule has 0 aromatic carbocycles. The van der Waals surface area contributed by atoms with E-state index in [1.807, 2.05) is 46.0 Å². The minimum atomic E-state index is -1.13. The van der Waals surface area contributed by atoms with Crippen LogP contribution in [0.25, 0.3) is 11.3 Å². The van der Waals surface area contributed by atoms with Crippen molar-refractivity contribution >= 4 is 11.7 Å². The van der Waals surface area contributed by atoms with Crippen molar-refractivity contribution in [2.75, 3.05) is 24.6 Å². The molecule has 0 radical (unpaired) electrons. The molecule has 1 saturated heterocycles. The second kappa shape index (κ2) is 9.08. The lowest BCUT2D eigenvalue weighted by atomic mass is 9.97. The zero-order valence-corrected chi connectivity index (χ0v) is 22.3. The highest BCUT2D eigenvalue weighted by Gasteiger charge is 2.62. The monoisotopic (exact) mass is 481 g/mol. The summed E-state index contributed by atoms with van der Waals surface area (Å²) in [5, 5.41) is 10.2. The average Bonchev–Trinajstić information content (AvgIpc) is 3.10. The van der Waals surface area contributed by atoms with E-state index < -0.39 is 17.7 Å². The molecule has 4 rings (SSSR count). The standard InChI is InChI=1S/C28H39N3O4/c1-16(2)15-34-18-9-10-22(30-11-18)19-12-29-17(3)23(25(26(32)33)35-27(4,5)6)24(19)31-13-20-21(14-31)28(20,7)8/h9-12,16,20-21,25H,13-15H2,1-8H3,(H,32,33)/t20?,21?,25-/m0/s1. The van der Waals surface area contributed by atoms with Gasteiger partial charge >= 0.3 is 5.97 Å². The van der Waals surface area contributed by atoms with E-state index >= 15 is 0 Å². The third kappa shape index (κ3) is 5.15. The van der Waals surface area contributed by atoms with E-state index in [9.17, 15) is 9.90 Å². The normalized spacial score (nSPS) is 21.7. The first-order valence-corrected chi connectivity index (χ1v) is 12.5. The summed E-state index contributed by atoms with van der Waals surface area (Å²) in [7, 11) is 0. The summed E-state index contributed by atoms with van der Waals surface area (Å²) in [5.74, 6) is 1.32. The third-order valence-electron chi connectivity index (χ3n) is 7.28. The minimum absolute atomic E-state index is 0.334.